The standard InChI is InChI=1S/C17H14Cl2N2O2S/c18-12-5-10(9-2-4-24-8-9)15-11-6-21(14(23)7-22)3-1-13(11)20-17(15)16(12)19/h2,4-5,8,20,22H,1,3,6-7H2. The third-order valence-electron chi connectivity index (χ3n) is 4.46. The van der Waals surface area contributed by atoms with E-state index < -0.39 is 6.61 Å². The van der Waals surface area contributed by atoms with Crippen molar-refractivity contribution in [3.63, 3.8) is 0 Å². The molecule has 1 aliphatic rings. The Bertz CT molecular complexity index is 934. The summed E-state index contributed by atoms with van der Waals surface area (Å²) in [6.45, 7) is 0.573. The van der Waals surface area contributed by atoms with Gasteiger partial charge in [0.05, 0.1) is 15.6 Å². The molecule has 1 amide bonds. The fraction of sp³-hybridized carbons (Fsp3) is 0.235. The van der Waals surface area contributed by atoms with Crippen LogP contribution in [0.2, 0.25) is 10.0 Å². The zero-order valence-electron chi connectivity index (χ0n) is 12.6. The fourth-order valence-corrected chi connectivity index (χ4v) is 4.35. The zero-order valence-corrected chi connectivity index (χ0v) is 14.9. The summed E-state index contributed by atoms with van der Waals surface area (Å²) < 4.78 is 0. The first-order valence-corrected chi connectivity index (χ1v) is 9.22. The Balaban J connectivity index is 1.96. The van der Waals surface area contributed by atoms with Crippen molar-refractivity contribution in [2.75, 3.05) is 13.2 Å². The van der Waals surface area contributed by atoms with E-state index in [-0.39, 0.29) is 5.91 Å². The normalized spacial score (nSPS) is 14.2. The van der Waals surface area contributed by atoms with E-state index in [0.717, 1.165) is 33.3 Å². The molecule has 3 aromatic rings. The molecule has 3 heterocycles. The highest BCUT2D eigenvalue weighted by atomic mass is 35.5. The average Bonchev–Trinajstić information content (AvgIpc) is 3.24. The van der Waals surface area contributed by atoms with Gasteiger partial charge < -0.3 is 15.0 Å². The average molecular weight is 381 g/mol. The van der Waals surface area contributed by atoms with Crippen LogP contribution in [0.5, 0.6) is 0 Å². The van der Waals surface area contributed by atoms with Crippen molar-refractivity contribution in [2.24, 2.45) is 0 Å². The van der Waals surface area contributed by atoms with Crippen LogP contribution in [0.1, 0.15) is 11.3 Å². The second-order valence-electron chi connectivity index (χ2n) is 5.79. The lowest BCUT2D eigenvalue weighted by molar-refractivity contribution is -0.135. The molecule has 4 nitrogen and oxygen atoms in total. The van der Waals surface area contributed by atoms with Crippen molar-refractivity contribution in [2.45, 2.75) is 13.0 Å². The summed E-state index contributed by atoms with van der Waals surface area (Å²) in [7, 11) is 0. The van der Waals surface area contributed by atoms with E-state index in [4.69, 9.17) is 28.3 Å². The highest BCUT2D eigenvalue weighted by Crippen LogP contribution is 2.42. The van der Waals surface area contributed by atoms with Gasteiger partial charge in [-0.25, -0.2) is 0 Å². The number of aliphatic hydroxyl groups excluding tert-OH is 1. The van der Waals surface area contributed by atoms with E-state index in [2.05, 4.69) is 10.4 Å². The molecule has 0 bridgehead atoms. The first kappa shape index (κ1) is 16.0. The monoisotopic (exact) mass is 380 g/mol. The molecular formula is C17H14Cl2N2O2S. The summed E-state index contributed by atoms with van der Waals surface area (Å²) >= 11 is 14.4. The van der Waals surface area contributed by atoms with Gasteiger partial charge in [0, 0.05) is 36.2 Å². The first-order chi connectivity index (χ1) is 11.6. The number of nitrogens with zero attached hydrogens (tertiary/aromatic N) is 1. The van der Waals surface area contributed by atoms with E-state index in [1.807, 2.05) is 17.5 Å². The number of aromatic amines is 1. The van der Waals surface area contributed by atoms with E-state index >= 15 is 0 Å². The zero-order chi connectivity index (χ0) is 16.8. The summed E-state index contributed by atoms with van der Waals surface area (Å²) in [5, 5.41) is 15.2. The van der Waals surface area contributed by atoms with Crippen molar-refractivity contribution < 1.29 is 9.90 Å². The molecule has 0 spiro atoms. The Hall–Kier alpha value is -1.53. The number of amides is 1. The maximum atomic E-state index is 11.9. The van der Waals surface area contributed by atoms with Gasteiger partial charge in [-0.1, -0.05) is 23.2 Å². The van der Waals surface area contributed by atoms with Crippen LogP contribution in [0.4, 0.5) is 0 Å². The number of nitrogens with one attached hydrogen (secondary N) is 1. The Morgan fingerprint density at radius 3 is 2.96 bits per heavy atom. The number of H-pyrrole nitrogens is 1. The van der Waals surface area contributed by atoms with Crippen molar-refractivity contribution in [3.8, 4) is 11.1 Å². The van der Waals surface area contributed by atoms with Crippen LogP contribution in [0, 0.1) is 0 Å². The predicted octanol–water partition coefficient (Wildman–Crippen LogP) is 4.08. The second-order valence-corrected chi connectivity index (χ2v) is 7.35. The van der Waals surface area contributed by atoms with E-state index in [9.17, 15) is 4.79 Å². The number of aliphatic hydroxyl groups is 1. The minimum atomic E-state index is -0.471. The van der Waals surface area contributed by atoms with E-state index in [0.29, 0.717) is 29.6 Å². The highest BCUT2D eigenvalue weighted by molar-refractivity contribution is 7.08. The first-order valence-electron chi connectivity index (χ1n) is 7.52. The van der Waals surface area contributed by atoms with E-state index in [1.165, 1.54) is 0 Å². The molecule has 0 fully saturated rings. The smallest absolute Gasteiger partial charge is 0.248 e. The predicted molar refractivity (Wildman–Crippen MR) is 97.8 cm³/mol. The summed E-state index contributed by atoms with van der Waals surface area (Å²) in [5.74, 6) is -0.257. The van der Waals surface area contributed by atoms with Crippen molar-refractivity contribution in [1.29, 1.82) is 0 Å². The third kappa shape index (κ3) is 2.43. The molecule has 24 heavy (non-hydrogen) atoms. The van der Waals surface area contributed by atoms with Gasteiger partial charge in [0.1, 0.15) is 6.61 Å². The van der Waals surface area contributed by atoms with Crippen LogP contribution in [-0.2, 0) is 17.8 Å². The fourth-order valence-electron chi connectivity index (χ4n) is 3.30. The lowest BCUT2D eigenvalue weighted by atomic mass is 9.97. The van der Waals surface area contributed by atoms with Gasteiger partial charge in [0.25, 0.3) is 0 Å². The molecule has 124 valence electrons. The quantitative estimate of drug-likeness (QED) is 0.703. The van der Waals surface area contributed by atoms with Crippen LogP contribution in [0.15, 0.2) is 22.9 Å². The summed E-state index contributed by atoms with van der Waals surface area (Å²) in [5.41, 5.74) is 5.03. The number of fused-ring (bicyclic) bond motifs is 3. The molecule has 4 rings (SSSR count). The third-order valence-corrected chi connectivity index (χ3v) is 5.93. The van der Waals surface area contributed by atoms with Crippen LogP contribution in [0.25, 0.3) is 22.0 Å². The number of carbonyl (C=O) groups is 1. The van der Waals surface area contributed by atoms with Crippen LogP contribution in [-0.4, -0.2) is 34.0 Å². The molecule has 1 aromatic carbocycles. The molecular weight excluding hydrogens is 367 g/mol. The minimum absolute atomic E-state index is 0.257. The molecule has 7 heteroatoms. The number of carbonyl (C=O) groups excluding carboxylic acids is 1. The molecule has 0 radical (unpaired) electrons. The summed E-state index contributed by atoms with van der Waals surface area (Å²) in [6, 6.07) is 3.93. The molecule has 2 aromatic heterocycles. The molecule has 2 N–H and O–H groups in total. The van der Waals surface area contributed by atoms with E-state index in [1.54, 1.807) is 16.2 Å². The number of benzene rings is 1. The number of aromatic nitrogens is 1. The number of rotatable bonds is 2. The summed E-state index contributed by atoms with van der Waals surface area (Å²) in [4.78, 5) is 17.0. The molecule has 0 saturated carbocycles. The van der Waals surface area contributed by atoms with Crippen molar-refractivity contribution in [3.05, 3.63) is 44.2 Å². The molecule has 0 saturated heterocycles. The largest absolute Gasteiger partial charge is 0.387 e. The van der Waals surface area contributed by atoms with Gasteiger partial charge in [0.2, 0.25) is 5.91 Å². The van der Waals surface area contributed by atoms with Crippen LogP contribution >= 0.6 is 34.5 Å². The Kier molecular flexibility index (Phi) is 4.04. The SMILES string of the molecule is O=C(CO)N1CCc2[nH]c3c(Cl)c(Cl)cc(-c4ccsc4)c3c2C1. The number of hydrogen-bond donors (Lipinski definition) is 2. The minimum Gasteiger partial charge on any atom is -0.387 e. The maximum Gasteiger partial charge on any atom is 0.248 e. The Morgan fingerprint density at radius 2 is 2.25 bits per heavy atom. The van der Waals surface area contributed by atoms with Gasteiger partial charge in [0.15, 0.2) is 0 Å². The highest BCUT2D eigenvalue weighted by Gasteiger charge is 2.26. The van der Waals surface area contributed by atoms with Crippen molar-refractivity contribution in [1.82, 2.24) is 9.88 Å². The maximum absolute atomic E-state index is 11.9. The van der Waals surface area contributed by atoms with Gasteiger partial charge in [-0.3, -0.25) is 4.79 Å². The van der Waals surface area contributed by atoms with Gasteiger partial charge in [-0.05, 0) is 34.0 Å². The Morgan fingerprint density at radius 1 is 1.42 bits per heavy atom. The van der Waals surface area contributed by atoms with Crippen LogP contribution < -0.4 is 0 Å². The van der Waals surface area contributed by atoms with Gasteiger partial charge in [-0.15, -0.1) is 0 Å². The van der Waals surface area contributed by atoms with Crippen molar-refractivity contribution >= 4 is 51.3 Å². The lowest BCUT2D eigenvalue weighted by Crippen LogP contribution is -2.37. The second kappa shape index (κ2) is 6.08. The molecule has 0 aliphatic carbocycles. The topological polar surface area (TPSA) is 56.3 Å². The van der Waals surface area contributed by atoms with Gasteiger partial charge in [-0.2, -0.15) is 11.3 Å². The summed E-state index contributed by atoms with van der Waals surface area (Å²) in [6.07, 6.45) is 0.701. The molecule has 1 aliphatic heterocycles. The number of thiophene rings is 1. The lowest BCUT2D eigenvalue weighted by Gasteiger charge is -2.26. The number of hydrogen-bond acceptors (Lipinski definition) is 3. The van der Waals surface area contributed by atoms with Gasteiger partial charge >= 0.3 is 0 Å². The molecule has 0 unspecified atom stereocenters. The Labute approximate surface area is 152 Å². The molecule has 0 atom stereocenters. The number of halogens is 2. The van der Waals surface area contributed by atoms with Crippen LogP contribution in [0.3, 0.4) is 0 Å².